The molecule has 2 atom stereocenters. The highest BCUT2D eigenvalue weighted by Gasteiger charge is 2.30. The standard InChI is InChI=1S/C34H46N2O4/c1-8-24-35(31(37)39-33(2,3)4)30(27-16-10-9-11-17-27)19-14-15-26-20-22-28(23-21-26)29-18-12-13-25-36(29)32(38)40-34(5,6)7/h8-11,13,16-17,20-23,25,29-30H,1,12,14-15,18-19,24H2,2-7H3. The SMILES string of the molecule is C=CCN(C(=O)OC(C)(C)C)C(CCCc1ccc(C2CCC=CN2C(=O)OC(C)(C)C)cc1)c1ccccc1. The number of allylic oxidation sites excluding steroid dienone is 1. The lowest BCUT2D eigenvalue weighted by Crippen LogP contribution is -2.39. The second-order valence-corrected chi connectivity index (χ2v) is 12.3. The van der Waals surface area contributed by atoms with E-state index in [1.54, 1.807) is 15.9 Å². The minimum Gasteiger partial charge on any atom is -0.444 e. The van der Waals surface area contributed by atoms with Gasteiger partial charge in [-0.15, -0.1) is 6.58 Å². The van der Waals surface area contributed by atoms with Gasteiger partial charge in [-0.3, -0.25) is 9.80 Å². The molecule has 2 amide bonds. The summed E-state index contributed by atoms with van der Waals surface area (Å²) in [5.41, 5.74) is 2.28. The molecule has 2 aromatic rings. The van der Waals surface area contributed by atoms with E-state index >= 15 is 0 Å². The number of nitrogens with zero attached hydrogens (tertiary/aromatic N) is 2. The van der Waals surface area contributed by atoms with Gasteiger partial charge in [0, 0.05) is 12.7 Å². The molecule has 0 radical (unpaired) electrons. The zero-order chi connectivity index (χ0) is 29.3. The minimum absolute atomic E-state index is 0.0438. The fourth-order valence-corrected chi connectivity index (χ4v) is 4.89. The van der Waals surface area contributed by atoms with E-state index in [2.05, 4.69) is 43.0 Å². The minimum atomic E-state index is -0.577. The van der Waals surface area contributed by atoms with Crippen LogP contribution in [0.1, 0.15) is 96.0 Å². The normalized spacial score (nSPS) is 16.2. The molecule has 2 aromatic carbocycles. The number of aryl methyl sites for hydroxylation is 1. The van der Waals surface area contributed by atoms with Crippen molar-refractivity contribution in [3.8, 4) is 0 Å². The smallest absolute Gasteiger partial charge is 0.414 e. The zero-order valence-electron chi connectivity index (χ0n) is 25.1. The summed E-state index contributed by atoms with van der Waals surface area (Å²) in [6, 6.07) is 18.5. The van der Waals surface area contributed by atoms with Crippen LogP contribution in [0.5, 0.6) is 0 Å². The molecule has 0 saturated carbocycles. The quantitative estimate of drug-likeness (QED) is 0.295. The fraction of sp³-hybridized carbons (Fsp3) is 0.471. The molecule has 0 saturated heterocycles. The molecular formula is C34H46N2O4. The van der Waals surface area contributed by atoms with Crippen LogP contribution in [0.25, 0.3) is 0 Å². The van der Waals surface area contributed by atoms with Gasteiger partial charge in [0.2, 0.25) is 0 Å². The van der Waals surface area contributed by atoms with Crippen LogP contribution < -0.4 is 0 Å². The Morgan fingerprint density at radius 1 is 1.00 bits per heavy atom. The molecule has 0 bridgehead atoms. The van der Waals surface area contributed by atoms with Crippen molar-refractivity contribution in [2.24, 2.45) is 0 Å². The highest BCUT2D eigenvalue weighted by Crippen LogP contribution is 2.32. The lowest BCUT2D eigenvalue weighted by molar-refractivity contribution is 0.0173. The Labute approximate surface area is 240 Å². The third-order valence-electron chi connectivity index (χ3n) is 6.63. The Morgan fingerprint density at radius 3 is 2.25 bits per heavy atom. The van der Waals surface area contributed by atoms with Crippen molar-refractivity contribution in [1.82, 2.24) is 9.80 Å². The highest BCUT2D eigenvalue weighted by atomic mass is 16.6. The van der Waals surface area contributed by atoms with Crippen molar-refractivity contribution in [3.05, 3.63) is 96.2 Å². The largest absolute Gasteiger partial charge is 0.444 e. The van der Waals surface area contributed by atoms with Gasteiger partial charge >= 0.3 is 12.2 Å². The van der Waals surface area contributed by atoms with E-state index in [-0.39, 0.29) is 24.3 Å². The van der Waals surface area contributed by atoms with Crippen molar-refractivity contribution < 1.29 is 19.1 Å². The zero-order valence-corrected chi connectivity index (χ0v) is 25.1. The van der Waals surface area contributed by atoms with Gasteiger partial charge in [0.05, 0.1) is 12.1 Å². The maximum absolute atomic E-state index is 13.1. The molecule has 0 aromatic heterocycles. The number of hydrogen-bond donors (Lipinski definition) is 0. The molecule has 6 heteroatoms. The Balaban J connectivity index is 1.70. The van der Waals surface area contributed by atoms with Crippen molar-refractivity contribution >= 4 is 12.2 Å². The maximum Gasteiger partial charge on any atom is 0.414 e. The number of carbonyl (C=O) groups is 2. The monoisotopic (exact) mass is 546 g/mol. The van der Waals surface area contributed by atoms with E-state index in [1.807, 2.05) is 72.0 Å². The van der Waals surface area contributed by atoms with Gasteiger partial charge in [-0.05, 0) is 90.3 Å². The molecule has 0 aliphatic carbocycles. The summed E-state index contributed by atoms with van der Waals surface area (Å²) in [5, 5.41) is 0. The molecule has 1 heterocycles. The predicted molar refractivity (Wildman–Crippen MR) is 161 cm³/mol. The molecule has 1 aliphatic heterocycles. The summed E-state index contributed by atoms with van der Waals surface area (Å²) in [6.45, 7) is 15.6. The van der Waals surface area contributed by atoms with Crippen LogP contribution in [-0.2, 0) is 15.9 Å². The van der Waals surface area contributed by atoms with Crippen LogP contribution in [-0.4, -0.2) is 39.7 Å². The van der Waals surface area contributed by atoms with Crippen molar-refractivity contribution in [3.63, 3.8) is 0 Å². The van der Waals surface area contributed by atoms with Crippen LogP contribution in [0.15, 0.2) is 79.5 Å². The highest BCUT2D eigenvalue weighted by molar-refractivity contribution is 5.70. The molecule has 2 unspecified atom stereocenters. The molecule has 6 nitrogen and oxygen atoms in total. The van der Waals surface area contributed by atoms with Crippen LogP contribution >= 0.6 is 0 Å². The second kappa shape index (κ2) is 13.7. The first-order valence-corrected chi connectivity index (χ1v) is 14.3. The Hall–Kier alpha value is -3.54. The topological polar surface area (TPSA) is 59.1 Å². The third kappa shape index (κ3) is 9.29. The first kappa shape index (κ1) is 31.0. The Bertz CT molecular complexity index is 1140. The van der Waals surface area contributed by atoms with E-state index in [0.29, 0.717) is 6.54 Å². The van der Waals surface area contributed by atoms with E-state index in [4.69, 9.17) is 9.47 Å². The Kier molecular flexibility index (Phi) is 10.6. The summed E-state index contributed by atoms with van der Waals surface area (Å²) >= 11 is 0. The number of ether oxygens (including phenoxy) is 2. The second-order valence-electron chi connectivity index (χ2n) is 12.3. The van der Waals surface area contributed by atoms with Gasteiger partial charge in [0.1, 0.15) is 11.2 Å². The average molecular weight is 547 g/mol. The molecule has 216 valence electrons. The van der Waals surface area contributed by atoms with Gasteiger partial charge in [-0.1, -0.05) is 66.7 Å². The van der Waals surface area contributed by atoms with Crippen molar-refractivity contribution in [2.75, 3.05) is 6.54 Å². The van der Waals surface area contributed by atoms with Gasteiger partial charge in [0.25, 0.3) is 0 Å². The van der Waals surface area contributed by atoms with E-state index < -0.39 is 11.2 Å². The maximum atomic E-state index is 13.1. The fourth-order valence-electron chi connectivity index (χ4n) is 4.89. The summed E-state index contributed by atoms with van der Waals surface area (Å²) in [5.74, 6) is 0. The van der Waals surface area contributed by atoms with Gasteiger partial charge in [-0.25, -0.2) is 9.59 Å². The van der Waals surface area contributed by atoms with E-state index in [9.17, 15) is 9.59 Å². The lowest BCUT2D eigenvalue weighted by Gasteiger charge is -2.34. The summed E-state index contributed by atoms with van der Waals surface area (Å²) in [6.07, 6.45) is 9.30. The molecular weight excluding hydrogens is 500 g/mol. The van der Waals surface area contributed by atoms with Crippen LogP contribution in [0.2, 0.25) is 0 Å². The van der Waals surface area contributed by atoms with Crippen LogP contribution in [0.3, 0.4) is 0 Å². The predicted octanol–water partition coefficient (Wildman–Crippen LogP) is 8.76. The number of rotatable bonds is 9. The lowest BCUT2D eigenvalue weighted by atomic mass is 9.95. The average Bonchev–Trinajstić information content (AvgIpc) is 2.89. The van der Waals surface area contributed by atoms with Gasteiger partial charge in [0.15, 0.2) is 0 Å². The third-order valence-corrected chi connectivity index (χ3v) is 6.63. The molecule has 1 aliphatic rings. The van der Waals surface area contributed by atoms with Crippen molar-refractivity contribution in [1.29, 1.82) is 0 Å². The van der Waals surface area contributed by atoms with Crippen molar-refractivity contribution in [2.45, 2.75) is 96.9 Å². The van der Waals surface area contributed by atoms with Gasteiger partial charge in [-0.2, -0.15) is 0 Å². The summed E-state index contributed by atoms with van der Waals surface area (Å²) in [7, 11) is 0. The molecule has 0 N–H and O–H groups in total. The first-order chi connectivity index (χ1) is 18.9. The Morgan fingerprint density at radius 2 is 1.65 bits per heavy atom. The first-order valence-electron chi connectivity index (χ1n) is 14.3. The summed E-state index contributed by atoms with van der Waals surface area (Å²) < 4.78 is 11.4. The summed E-state index contributed by atoms with van der Waals surface area (Å²) in [4.78, 5) is 29.5. The van der Waals surface area contributed by atoms with E-state index in [1.165, 1.54) is 5.56 Å². The molecule has 3 rings (SSSR count). The molecule has 40 heavy (non-hydrogen) atoms. The number of hydrogen-bond acceptors (Lipinski definition) is 4. The number of amides is 2. The number of carbonyl (C=O) groups excluding carboxylic acids is 2. The number of benzene rings is 2. The molecule has 0 spiro atoms. The van der Waals surface area contributed by atoms with Crippen LogP contribution in [0, 0.1) is 0 Å². The van der Waals surface area contributed by atoms with E-state index in [0.717, 1.165) is 43.2 Å². The van der Waals surface area contributed by atoms with Crippen LogP contribution in [0.4, 0.5) is 9.59 Å². The van der Waals surface area contributed by atoms with Gasteiger partial charge < -0.3 is 9.47 Å². The molecule has 0 fully saturated rings.